The van der Waals surface area contributed by atoms with E-state index in [1.807, 2.05) is 27.7 Å². The monoisotopic (exact) mass is 441 g/mol. The van der Waals surface area contributed by atoms with Gasteiger partial charge in [0.2, 0.25) is 5.91 Å². The highest BCUT2D eigenvalue weighted by molar-refractivity contribution is 5.77. The summed E-state index contributed by atoms with van der Waals surface area (Å²) in [4.78, 5) is 22.5. The van der Waals surface area contributed by atoms with Crippen molar-refractivity contribution in [3.8, 4) is 0 Å². The fourth-order valence-corrected chi connectivity index (χ4v) is 2.09. The predicted molar refractivity (Wildman–Crippen MR) is 118 cm³/mol. The molecule has 5 N–H and O–H groups in total. The summed E-state index contributed by atoms with van der Waals surface area (Å²) in [7, 11) is 1.56. The molecular formula is C20H39N7O4. The Kier molecular flexibility index (Phi) is 12.0. The Morgan fingerprint density at radius 1 is 1.26 bits per heavy atom. The highest BCUT2D eigenvalue weighted by atomic mass is 16.6. The van der Waals surface area contributed by atoms with Gasteiger partial charge in [-0.15, -0.1) is 5.10 Å². The first-order valence-corrected chi connectivity index (χ1v) is 10.2. The maximum atomic E-state index is 11.4. The van der Waals surface area contributed by atoms with Crippen LogP contribution < -0.4 is 16.9 Å². The van der Waals surface area contributed by atoms with Crippen molar-refractivity contribution in [2.75, 3.05) is 20.2 Å². The van der Waals surface area contributed by atoms with E-state index in [0.717, 1.165) is 0 Å². The van der Waals surface area contributed by atoms with Crippen LogP contribution in [0.3, 0.4) is 0 Å². The molecule has 0 saturated heterocycles. The Morgan fingerprint density at radius 3 is 2.42 bits per heavy atom. The minimum Gasteiger partial charge on any atom is -0.398 e. The molecule has 0 aliphatic carbocycles. The Hall–Kier alpha value is -2.50. The van der Waals surface area contributed by atoms with Gasteiger partial charge >= 0.3 is 0 Å². The number of hydrogen-bond acceptors (Lipinski definition) is 9. The number of hydrazine groups is 1. The average Bonchev–Trinajstić information content (AvgIpc) is 3.13. The maximum Gasteiger partial charge on any atom is 0.241 e. The first-order valence-electron chi connectivity index (χ1n) is 10.2. The Bertz CT molecular complexity index is 729. The Morgan fingerprint density at radius 2 is 1.87 bits per heavy atom. The molecule has 1 aromatic rings. The molecule has 0 aliphatic rings. The molecule has 1 rings (SSSR count). The van der Waals surface area contributed by atoms with Crippen LogP contribution in [0.15, 0.2) is 18.1 Å². The zero-order valence-corrected chi connectivity index (χ0v) is 20.1. The standard InChI is InChI=1S/C18H33N7O4.C2H6/c1-13(26)7-24(20)9-15(19)18(4,5)29-12-17(2,3)28-11-14-8-25(23-22-14)10-16(27)21-6;1-2/h8-9H,7,10-12,19-20H2,1-6H3,(H,21,27);1-2H3/b15-9-;. The van der Waals surface area contributed by atoms with Gasteiger partial charge in [-0.3, -0.25) is 9.59 Å². The van der Waals surface area contributed by atoms with E-state index in [2.05, 4.69) is 15.6 Å². The van der Waals surface area contributed by atoms with E-state index in [1.165, 1.54) is 22.8 Å². The van der Waals surface area contributed by atoms with Crippen LogP contribution in [0.25, 0.3) is 0 Å². The molecule has 0 aromatic carbocycles. The number of carbonyl (C=O) groups excluding carboxylic acids is 2. The zero-order chi connectivity index (χ0) is 24.2. The van der Waals surface area contributed by atoms with Gasteiger partial charge in [-0.05, 0) is 34.6 Å². The maximum absolute atomic E-state index is 11.4. The van der Waals surface area contributed by atoms with Crippen LogP contribution >= 0.6 is 0 Å². The lowest BCUT2D eigenvalue weighted by atomic mass is 10.0. The van der Waals surface area contributed by atoms with Gasteiger partial charge in [0.15, 0.2) is 5.78 Å². The molecule has 0 fully saturated rings. The smallest absolute Gasteiger partial charge is 0.241 e. The van der Waals surface area contributed by atoms with E-state index >= 15 is 0 Å². The van der Waals surface area contributed by atoms with Crippen molar-refractivity contribution >= 4 is 11.7 Å². The number of ketones is 1. The second kappa shape index (κ2) is 13.0. The third-order valence-electron chi connectivity index (χ3n) is 3.97. The summed E-state index contributed by atoms with van der Waals surface area (Å²) in [5.41, 5.74) is 5.62. The molecule has 0 spiro atoms. The summed E-state index contributed by atoms with van der Waals surface area (Å²) >= 11 is 0. The number of nitrogens with two attached hydrogens (primary N) is 2. The molecule has 0 bridgehead atoms. The number of aromatic nitrogens is 3. The quantitative estimate of drug-likeness (QED) is 0.314. The summed E-state index contributed by atoms with van der Waals surface area (Å²) in [5, 5.41) is 11.6. The number of carbonyl (C=O) groups is 2. The summed E-state index contributed by atoms with van der Waals surface area (Å²) in [6.45, 7) is 13.4. The first kappa shape index (κ1) is 28.5. The van der Waals surface area contributed by atoms with Crippen LogP contribution in [-0.4, -0.2) is 63.1 Å². The second-order valence-electron chi connectivity index (χ2n) is 7.89. The van der Waals surface area contributed by atoms with Crippen LogP contribution in [0.4, 0.5) is 0 Å². The fourth-order valence-electron chi connectivity index (χ4n) is 2.09. The van der Waals surface area contributed by atoms with Gasteiger partial charge in [-0.1, -0.05) is 19.1 Å². The van der Waals surface area contributed by atoms with Gasteiger partial charge in [0.05, 0.1) is 37.3 Å². The van der Waals surface area contributed by atoms with Crippen LogP contribution in [0.1, 0.15) is 54.2 Å². The molecule has 0 saturated carbocycles. The number of nitrogens with one attached hydrogen (secondary N) is 1. The highest BCUT2D eigenvalue weighted by Gasteiger charge is 2.28. The number of Topliss-reactive ketones (excluding diaryl/α,β-unsaturated/α-hetero) is 1. The molecule has 178 valence electrons. The molecule has 11 nitrogen and oxygen atoms in total. The van der Waals surface area contributed by atoms with Gasteiger partial charge in [0.25, 0.3) is 0 Å². The minimum atomic E-state index is -0.814. The van der Waals surface area contributed by atoms with Gasteiger partial charge in [0.1, 0.15) is 17.8 Å². The lowest BCUT2D eigenvalue weighted by Crippen LogP contribution is -2.41. The molecule has 0 atom stereocenters. The lowest BCUT2D eigenvalue weighted by Gasteiger charge is -2.32. The summed E-state index contributed by atoms with van der Waals surface area (Å²) < 4.78 is 13.3. The molecule has 0 unspecified atom stereocenters. The minimum absolute atomic E-state index is 0.0615. The van der Waals surface area contributed by atoms with Crippen LogP contribution in [0, 0.1) is 0 Å². The Labute approximate surface area is 185 Å². The molecule has 31 heavy (non-hydrogen) atoms. The number of ether oxygens (including phenoxy) is 2. The first-order chi connectivity index (χ1) is 14.3. The van der Waals surface area contributed by atoms with Crippen molar-refractivity contribution in [3.63, 3.8) is 0 Å². The third kappa shape index (κ3) is 11.5. The normalized spacial score (nSPS) is 12.1. The predicted octanol–water partition coefficient (Wildman–Crippen LogP) is 0.706. The van der Waals surface area contributed by atoms with Crippen molar-refractivity contribution < 1.29 is 19.1 Å². The summed E-state index contributed by atoms with van der Waals surface area (Å²) in [6, 6.07) is 0. The second-order valence-corrected chi connectivity index (χ2v) is 7.89. The topological polar surface area (TPSA) is 151 Å². The van der Waals surface area contributed by atoms with Crippen molar-refractivity contribution in [1.29, 1.82) is 0 Å². The lowest BCUT2D eigenvalue weighted by molar-refractivity contribution is -0.121. The number of rotatable bonds is 12. The van der Waals surface area contributed by atoms with E-state index in [1.54, 1.807) is 27.1 Å². The molecule has 1 heterocycles. The number of nitrogens with zero attached hydrogens (tertiary/aromatic N) is 4. The summed E-state index contributed by atoms with van der Waals surface area (Å²) in [6.07, 6.45) is 3.14. The average molecular weight is 442 g/mol. The third-order valence-corrected chi connectivity index (χ3v) is 3.97. The molecular weight excluding hydrogens is 402 g/mol. The molecule has 0 radical (unpaired) electrons. The Balaban J connectivity index is 0.00000436. The van der Waals surface area contributed by atoms with E-state index < -0.39 is 11.2 Å². The van der Waals surface area contributed by atoms with Crippen LogP contribution in [0.2, 0.25) is 0 Å². The molecule has 11 heteroatoms. The molecule has 0 aliphatic heterocycles. The van der Waals surface area contributed by atoms with Crippen molar-refractivity contribution in [2.24, 2.45) is 11.6 Å². The number of amides is 1. The molecule has 1 amide bonds. The van der Waals surface area contributed by atoms with Crippen LogP contribution in [0.5, 0.6) is 0 Å². The largest absolute Gasteiger partial charge is 0.398 e. The molecule has 1 aromatic heterocycles. The number of likely N-dealkylation sites (N-methyl/N-ethyl adjacent to an activating group) is 1. The van der Waals surface area contributed by atoms with E-state index in [4.69, 9.17) is 21.1 Å². The van der Waals surface area contributed by atoms with Crippen LogP contribution in [-0.2, 0) is 32.2 Å². The van der Waals surface area contributed by atoms with E-state index in [-0.39, 0.29) is 38.0 Å². The van der Waals surface area contributed by atoms with Gasteiger partial charge in [0, 0.05) is 13.2 Å². The highest BCUT2D eigenvalue weighted by Crippen LogP contribution is 2.21. The zero-order valence-electron chi connectivity index (χ0n) is 20.1. The van der Waals surface area contributed by atoms with Gasteiger partial charge in [-0.25, -0.2) is 10.5 Å². The SMILES string of the molecule is CC.CNC(=O)Cn1cc(COC(C)(C)COC(C)(C)/C(N)=C/N(N)CC(C)=O)nn1. The van der Waals surface area contributed by atoms with Crippen molar-refractivity contribution in [2.45, 2.75) is 72.8 Å². The van der Waals surface area contributed by atoms with Crippen molar-refractivity contribution in [1.82, 2.24) is 25.3 Å². The fraction of sp³-hybridized carbons (Fsp3) is 0.700. The van der Waals surface area contributed by atoms with E-state index in [0.29, 0.717) is 11.4 Å². The van der Waals surface area contributed by atoms with Gasteiger partial charge < -0.3 is 25.5 Å². The van der Waals surface area contributed by atoms with E-state index in [9.17, 15) is 9.59 Å². The van der Waals surface area contributed by atoms with Gasteiger partial charge in [-0.2, -0.15) is 0 Å². The van der Waals surface area contributed by atoms with Crippen molar-refractivity contribution in [3.05, 3.63) is 23.8 Å². The number of hydrogen-bond donors (Lipinski definition) is 3. The summed E-state index contributed by atoms with van der Waals surface area (Å²) in [5.74, 6) is 5.51.